The molecular weight excluding hydrogens is 556 g/mol. The average molecular weight is 595 g/mol. The molecule has 0 aromatic carbocycles. The summed E-state index contributed by atoms with van der Waals surface area (Å²) in [7, 11) is 0. The van der Waals surface area contributed by atoms with E-state index in [4.69, 9.17) is 0 Å². The summed E-state index contributed by atoms with van der Waals surface area (Å²) in [6.45, 7) is 10.3. The van der Waals surface area contributed by atoms with E-state index in [2.05, 4.69) is 55.8 Å². The van der Waals surface area contributed by atoms with Gasteiger partial charge in [-0.25, -0.2) is 9.97 Å². The first kappa shape index (κ1) is 28.3. The molecule has 6 heterocycles. The summed E-state index contributed by atoms with van der Waals surface area (Å²) < 4.78 is 2.16. The smallest absolute Gasteiger partial charge is 0.276 e. The molecule has 1 saturated heterocycles. The Balaban J connectivity index is 1.16. The zero-order valence-corrected chi connectivity index (χ0v) is 25.4. The minimum atomic E-state index is -0.316. The van der Waals surface area contributed by atoms with Crippen molar-refractivity contribution < 1.29 is 9.90 Å². The van der Waals surface area contributed by atoms with E-state index in [1.807, 2.05) is 24.4 Å². The van der Waals surface area contributed by atoms with Crippen LogP contribution in [0.3, 0.4) is 0 Å². The predicted molar refractivity (Wildman–Crippen MR) is 171 cm³/mol. The van der Waals surface area contributed by atoms with Crippen molar-refractivity contribution in [3.8, 4) is 11.1 Å². The summed E-state index contributed by atoms with van der Waals surface area (Å²) in [5, 5.41) is 17.1. The monoisotopic (exact) mass is 594 g/mol. The fourth-order valence-corrected chi connectivity index (χ4v) is 6.98. The topological polar surface area (TPSA) is 131 Å². The molecule has 11 nitrogen and oxygen atoms in total. The number of rotatable bonds is 6. The lowest BCUT2D eigenvalue weighted by atomic mass is 9.90. The highest BCUT2D eigenvalue weighted by Gasteiger charge is 2.37. The van der Waals surface area contributed by atoms with Gasteiger partial charge >= 0.3 is 0 Å². The van der Waals surface area contributed by atoms with Gasteiger partial charge in [-0.05, 0) is 66.6 Å². The van der Waals surface area contributed by atoms with Gasteiger partial charge in [0.15, 0.2) is 0 Å². The van der Waals surface area contributed by atoms with Gasteiger partial charge in [0, 0.05) is 68.0 Å². The molecule has 1 atom stereocenters. The number of aliphatic hydroxyl groups is 1. The third-order valence-corrected chi connectivity index (χ3v) is 9.13. The van der Waals surface area contributed by atoms with Crippen molar-refractivity contribution in [1.29, 1.82) is 0 Å². The molecule has 4 N–H and O–H groups in total. The van der Waals surface area contributed by atoms with E-state index >= 15 is 0 Å². The van der Waals surface area contributed by atoms with Crippen molar-refractivity contribution in [2.24, 2.45) is 5.41 Å². The summed E-state index contributed by atoms with van der Waals surface area (Å²) in [5.41, 5.74) is 6.36. The number of carbonyl (C=O) groups excluding carboxylic acids is 1. The Kier molecular flexibility index (Phi) is 7.01. The van der Waals surface area contributed by atoms with Gasteiger partial charge in [-0.15, -0.1) is 0 Å². The van der Waals surface area contributed by atoms with E-state index in [1.165, 1.54) is 11.3 Å². The lowest BCUT2D eigenvalue weighted by Crippen LogP contribution is -2.49. The van der Waals surface area contributed by atoms with E-state index in [0.29, 0.717) is 58.8 Å². The first-order valence-electron chi connectivity index (χ1n) is 15.3. The summed E-state index contributed by atoms with van der Waals surface area (Å²) in [4.78, 5) is 42.5. The van der Waals surface area contributed by atoms with Crippen LogP contribution >= 0.6 is 0 Å². The molecule has 4 aromatic heterocycles. The van der Waals surface area contributed by atoms with E-state index in [9.17, 15) is 14.7 Å². The SMILES string of the molecule is CC1CNCCN1c1ccc(Nc2cc(-c3ccnc(N4CCn5c(cc6c5CC(C)(C)C6)C4=O)c3CO)c[nH]c2=O)nc1. The van der Waals surface area contributed by atoms with E-state index in [-0.39, 0.29) is 23.5 Å². The van der Waals surface area contributed by atoms with E-state index in [1.54, 1.807) is 29.4 Å². The highest BCUT2D eigenvalue weighted by Crippen LogP contribution is 2.40. The maximum Gasteiger partial charge on any atom is 0.276 e. The zero-order valence-electron chi connectivity index (χ0n) is 25.4. The number of nitrogens with zero attached hydrogens (tertiary/aromatic N) is 5. The molecule has 228 valence electrons. The molecule has 11 heteroatoms. The normalized spacial score (nSPS) is 19.2. The van der Waals surface area contributed by atoms with Crippen molar-refractivity contribution in [3.05, 3.63) is 81.8 Å². The number of aromatic nitrogens is 4. The fraction of sp³-hybridized carbons (Fsp3) is 0.394. The van der Waals surface area contributed by atoms with Crippen molar-refractivity contribution in [3.63, 3.8) is 0 Å². The Morgan fingerprint density at radius 1 is 1.09 bits per heavy atom. The standard InChI is InChI=1S/C33H38N8O3/c1-20-16-34-8-9-39(20)23-4-5-29(36-18-23)38-26-12-22(17-37-31(26)43)24-6-7-35-30(25(24)19-42)41-11-10-40-27(32(41)44)13-21-14-33(2,3)15-28(21)40/h4-7,12-13,17-18,20,34,42H,8-11,14-16,19H2,1-3H3,(H,36,38)(H,37,43). The molecular formula is C33H38N8O3. The number of hydrogen-bond acceptors (Lipinski definition) is 8. The van der Waals surface area contributed by atoms with Gasteiger partial charge in [-0.2, -0.15) is 0 Å². The van der Waals surface area contributed by atoms with Crippen molar-refractivity contribution >= 4 is 28.9 Å². The van der Waals surface area contributed by atoms with Gasteiger partial charge in [-0.3, -0.25) is 14.5 Å². The highest BCUT2D eigenvalue weighted by molar-refractivity contribution is 6.06. The Bertz CT molecular complexity index is 1790. The Labute approximate surface area is 256 Å². The highest BCUT2D eigenvalue weighted by atomic mass is 16.3. The van der Waals surface area contributed by atoms with Gasteiger partial charge in [0.05, 0.1) is 18.5 Å². The number of fused-ring (bicyclic) bond motifs is 3. The van der Waals surface area contributed by atoms with Crippen LogP contribution in [0.25, 0.3) is 11.1 Å². The molecule has 7 rings (SSSR count). The van der Waals surface area contributed by atoms with Crippen LogP contribution < -0.4 is 26.0 Å². The molecule has 44 heavy (non-hydrogen) atoms. The zero-order chi connectivity index (χ0) is 30.6. The number of piperazine rings is 1. The van der Waals surface area contributed by atoms with Crippen LogP contribution in [0.4, 0.5) is 23.0 Å². The number of aromatic amines is 1. The first-order valence-corrected chi connectivity index (χ1v) is 15.3. The summed E-state index contributed by atoms with van der Waals surface area (Å²) in [6, 6.07) is 9.81. The number of H-pyrrole nitrogens is 1. The lowest BCUT2D eigenvalue weighted by Gasteiger charge is -2.35. The van der Waals surface area contributed by atoms with Crippen LogP contribution in [-0.2, 0) is 26.0 Å². The number of nitrogens with one attached hydrogen (secondary N) is 3. The van der Waals surface area contributed by atoms with Gasteiger partial charge < -0.3 is 30.2 Å². The maximum atomic E-state index is 13.8. The quantitative estimate of drug-likeness (QED) is 0.267. The summed E-state index contributed by atoms with van der Waals surface area (Å²) >= 11 is 0. The second-order valence-corrected chi connectivity index (χ2v) is 12.9. The second kappa shape index (κ2) is 10.9. The number of pyridine rings is 3. The van der Waals surface area contributed by atoms with Crippen molar-refractivity contribution in [2.45, 2.75) is 52.8 Å². The van der Waals surface area contributed by atoms with E-state index < -0.39 is 0 Å². The molecule has 1 aliphatic carbocycles. The van der Waals surface area contributed by atoms with Gasteiger partial charge in [0.2, 0.25) is 0 Å². The van der Waals surface area contributed by atoms with Crippen molar-refractivity contribution in [2.75, 3.05) is 41.3 Å². The molecule has 1 amide bonds. The second-order valence-electron chi connectivity index (χ2n) is 12.9. The number of amides is 1. The Hall–Kier alpha value is -4.48. The third-order valence-electron chi connectivity index (χ3n) is 9.13. The minimum Gasteiger partial charge on any atom is -0.392 e. The molecule has 0 radical (unpaired) electrons. The molecule has 1 fully saturated rings. The number of aliphatic hydroxyl groups excluding tert-OH is 1. The average Bonchev–Trinajstić information content (AvgIpc) is 3.51. The minimum absolute atomic E-state index is 0.114. The largest absolute Gasteiger partial charge is 0.392 e. The molecule has 0 spiro atoms. The fourth-order valence-electron chi connectivity index (χ4n) is 6.98. The number of anilines is 4. The first-order chi connectivity index (χ1) is 21.2. The van der Waals surface area contributed by atoms with Crippen LogP contribution in [0, 0.1) is 5.41 Å². The maximum absolute atomic E-state index is 13.8. The van der Waals surface area contributed by atoms with Crippen LogP contribution in [0.1, 0.15) is 48.1 Å². The van der Waals surface area contributed by atoms with E-state index in [0.717, 1.165) is 38.2 Å². The number of hydrogen-bond donors (Lipinski definition) is 4. The summed E-state index contributed by atoms with van der Waals surface area (Å²) in [6.07, 6.45) is 7.00. The van der Waals surface area contributed by atoms with Crippen molar-refractivity contribution in [1.82, 2.24) is 24.8 Å². The van der Waals surface area contributed by atoms with Crippen LogP contribution in [0.5, 0.6) is 0 Å². The molecule has 0 bridgehead atoms. The predicted octanol–water partition coefficient (Wildman–Crippen LogP) is 3.45. The molecule has 4 aromatic rings. The Morgan fingerprint density at radius 3 is 2.73 bits per heavy atom. The van der Waals surface area contributed by atoms with Crippen LogP contribution in [0.15, 0.2) is 53.7 Å². The lowest BCUT2D eigenvalue weighted by molar-refractivity contribution is 0.0962. The Morgan fingerprint density at radius 2 is 1.95 bits per heavy atom. The third kappa shape index (κ3) is 4.95. The van der Waals surface area contributed by atoms with Crippen LogP contribution in [-0.4, -0.2) is 62.8 Å². The molecule has 0 saturated carbocycles. The number of carbonyl (C=O) groups is 1. The van der Waals surface area contributed by atoms with Gasteiger partial charge in [-0.1, -0.05) is 13.8 Å². The van der Waals surface area contributed by atoms with Crippen LogP contribution in [0.2, 0.25) is 0 Å². The summed E-state index contributed by atoms with van der Waals surface area (Å²) in [5.74, 6) is 0.869. The van der Waals surface area contributed by atoms with Gasteiger partial charge in [0.25, 0.3) is 11.5 Å². The molecule has 3 aliphatic rings. The van der Waals surface area contributed by atoms with Gasteiger partial charge in [0.1, 0.15) is 23.0 Å². The molecule has 2 aliphatic heterocycles. The molecule has 1 unspecified atom stereocenters.